The molecule has 0 amide bonds. The summed E-state index contributed by atoms with van der Waals surface area (Å²) in [4.78, 5) is 0. The van der Waals surface area contributed by atoms with Gasteiger partial charge in [-0.25, -0.2) is 0 Å². The Morgan fingerprint density at radius 2 is 2.37 bits per heavy atom. The molecule has 2 saturated heterocycles. The minimum Gasteiger partial charge on any atom is -0.374 e. The molecule has 2 fully saturated rings. The monoisotopic (exact) mass is 297 g/mol. The van der Waals surface area contributed by atoms with Crippen LogP contribution in [0.15, 0.2) is 10.8 Å². The predicted molar refractivity (Wildman–Crippen MR) is 84.2 cm³/mol. The molecule has 0 radical (unpaired) electrons. The van der Waals surface area contributed by atoms with Crippen molar-refractivity contribution >= 4 is 23.1 Å². The fourth-order valence-electron chi connectivity index (χ4n) is 3.55. The molecule has 0 bridgehead atoms. The van der Waals surface area contributed by atoms with Crippen LogP contribution in [0.25, 0.3) is 0 Å². The van der Waals surface area contributed by atoms with Crippen molar-refractivity contribution < 1.29 is 4.74 Å². The highest BCUT2D eigenvalue weighted by atomic mass is 32.2. The maximum Gasteiger partial charge on any atom is 0.0783 e. The third kappa shape index (κ3) is 2.73. The van der Waals surface area contributed by atoms with Gasteiger partial charge in [-0.1, -0.05) is 0 Å². The van der Waals surface area contributed by atoms with Crippen LogP contribution in [0, 0.1) is 12.8 Å². The van der Waals surface area contributed by atoms with Crippen molar-refractivity contribution in [2.24, 2.45) is 5.92 Å². The molecular formula is C15H23NOS2. The first kappa shape index (κ1) is 13.9. The van der Waals surface area contributed by atoms with Crippen molar-refractivity contribution in [3.8, 4) is 0 Å². The van der Waals surface area contributed by atoms with Gasteiger partial charge in [-0.2, -0.15) is 23.1 Å². The van der Waals surface area contributed by atoms with Gasteiger partial charge in [-0.3, -0.25) is 0 Å². The molecule has 2 aliphatic rings. The molecule has 3 heterocycles. The molecule has 3 atom stereocenters. The van der Waals surface area contributed by atoms with Crippen LogP contribution in [0.5, 0.6) is 0 Å². The Balaban J connectivity index is 1.78. The van der Waals surface area contributed by atoms with Crippen molar-refractivity contribution in [1.29, 1.82) is 0 Å². The largest absolute Gasteiger partial charge is 0.374 e. The molecule has 3 unspecified atom stereocenters. The first-order chi connectivity index (χ1) is 9.24. The second kappa shape index (κ2) is 5.76. The molecular weight excluding hydrogens is 274 g/mol. The SMILES string of the molecule is CNC(c1cscc1C)C1CCOC2(CCSC2)C1. The summed E-state index contributed by atoms with van der Waals surface area (Å²) in [7, 11) is 2.10. The lowest BCUT2D eigenvalue weighted by Crippen LogP contribution is -2.43. The van der Waals surface area contributed by atoms with E-state index in [0.29, 0.717) is 12.0 Å². The van der Waals surface area contributed by atoms with Crippen LogP contribution in [0.1, 0.15) is 36.4 Å². The van der Waals surface area contributed by atoms with Gasteiger partial charge in [0, 0.05) is 18.4 Å². The Morgan fingerprint density at radius 3 is 3.00 bits per heavy atom. The van der Waals surface area contributed by atoms with E-state index in [1.807, 2.05) is 11.3 Å². The lowest BCUT2D eigenvalue weighted by atomic mass is 9.79. The number of hydrogen-bond donors (Lipinski definition) is 1. The minimum atomic E-state index is 0.187. The van der Waals surface area contributed by atoms with Gasteiger partial charge >= 0.3 is 0 Å². The van der Waals surface area contributed by atoms with Crippen molar-refractivity contribution in [2.45, 2.75) is 37.8 Å². The number of thiophene rings is 1. The summed E-state index contributed by atoms with van der Waals surface area (Å²) >= 11 is 3.88. The third-order valence-electron chi connectivity index (χ3n) is 4.61. The standard InChI is InChI=1S/C15H23NOS2/c1-11-8-19-9-13(11)14(16-2)12-3-5-17-15(7-12)4-6-18-10-15/h8-9,12,14,16H,3-7,10H2,1-2H3. The molecule has 4 heteroatoms. The fourth-order valence-corrected chi connectivity index (χ4v) is 5.81. The van der Waals surface area contributed by atoms with Crippen molar-refractivity contribution in [2.75, 3.05) is 25.2 Å². The molecule has 2 nitrogen and oxygen atoms in total. The number of nitrogens with one attached hydrogen (secondary N) is 1. The number of aryl methyl sites for hydroxylation is 1. The molecule has 106 valence electrons. The van der Waals surface area contributed by atoms with Crippen LogP contribution >= 0.6 is 23.1 Å². The van der Waals surface area contributed by atoms with Crippen LogP contribution in [-0.2, 0) is 4.74 Å². The third-order valence-corrected chi connectivity index (χ3v) is 6.71. The van der Waals surface area contributed by atoms with Crippen LogP contribution in [0.3, 0.4) is 0 Å². The van der Waals surface area contributed by atoms with Crippen molar-refractivity contribution in [1.82, 2.24) is 5.32 Å². The Kier molecular flexibility index (Phi) is 4.22. The van der Waals surface area contributed by atoms with E-state index in [1.54, 1.807) is 0 Å². The van der Waals surface area contributed by atoms with E-state index in [1.165, 1.54) is 41.9 Å². The average Bonchev–Trinajstić information content (AvgIpc) is 3.02. The highest BCUT2D eigenvalue weighted by molar-refractivity contribution is 7.99. The summed E-state index contributed by atoms with van der Waals surface area (Å²) in [5.41, 5.74) is 3.12. The first-order valence-corrected chi connectivity index (χ1v) is 9.25. The molecule has 3 rings (SSSR count). The summed E-state index contributed by atoms with van der Waals surface area (Å²) < 4.78 is 6.15. The Labute approximate surface area is 124 Å². The molecule has 0 aromatic carbocycles. The first-order valence-electron chi connectivity index (χ1n) is 7.16. The normalized spacial score (nSPS) is 32.8. The molecule has 1 N–H and O–H groups in total. The van der Waals surface area contributed by atoms with E-state index >= 15 is 0 Å². The number of thioether (sulfide) groups is 1. The zero-order valence-electron chi connectivity index (χ0n) is 11.8. The molecule has 2 aliphatic heterocycles. The highest BCUT2D eigenvalue weighted by Gasteiger charge is 2.42. The van der Waals surface area contributed by atoms with Crippen molar-refractivity contribution in [3.63, 3.8) is 0 Å². The van der Waals surface area contributed by atoms with E-state index in [-0.39, 0.29) is 5.60 Å². The van der Waals surface area contributed by atoms with E-state index < -0.39 is 0 Å². The summed E-state index contributed by atoms with van der Waals surface area (Å²) in [5, 5.41) is 8.15. The van der Waals surface area contributed by atoms with E-state index in [0.717, 1.165) is 6.61 Å². The summed E-state index contributed by atoms with van der Waals surface area (Å²) in [6, 6.07) is 0.498. The number of rotatable bonds is 3. The summed E-state index contributed by atoms with van der Waals surface area (Å²) in [6.45, 7) is 3.17. The second-order valence-electron chi connectivity index (χ2n) is 5.86. The van der Waals surface area contributed by atoms with Crippen LogP contribution in [-0.4, -0.2) is 30.8 Å². The maximum atomic E-state index is 6.15. The van der Waals surface area contributed by atoms with Crippen LogP contribution < -0.4 is 5.32 Å². The zero-order chi connectivity index (χ0) is 13.3. The predicted octanol–water partition coefficient (Wildman–Crippen LogP) is 3.62. The van der Waals surface area contributed by atoms with Gasteiger partial charge in [0.15, 0.2) is 0 Å². The topological polar surface area (TPSA) is 21.3 Å². The van der Waals surface area contributed by atoms with E-state index in [9.17, 15) is 0 Å². The lowest BCUT2D eigenvalue weighted by molar-refractivity contribution is -0.0850. The van der Waals surface area contributed by atoms with Gasteiger partial charge < -0.3 is 10.1 Å². The smallest absolute Gasteiger partial charge is 0.0783 e. The molecule has 19 heavy (non-hydrogen) atoms. The van der Waals surface area contributed by atoms with Gasteiger partial charge in [0.05, 0.1) is 5.60 Å². The molecule has 1 aromatic heterocycles. The quantitative estimate of drug-likeness (QED) is 0.921. The highest BCUT2D eigenvalue weighted by Crippen LogP contribution is 2.44. The Morgan fingerprint density at radius 1 is 1.47 bits per heavy atom. The average molecular weight is 297 g/mol. The van der Waals surface area contributed by atoms with Gasteiger partial charge in [-0.15, -0.1) is 0 Å². The molecule has 1 aromatic rings. The lowest BCUT2D eigenvalue weighted by Gasteiger charge is -2.41. The molecule has 0 saturated carbocycles. The van der Waals surface area contributed by atoms with Gasteiger partial charge in [0.1, 0.15) is 0 Å². The molecule has 0 aliphatic carbocycles. The number of hydrogen-bond acceptors (Lipinski definition) is 4. The van der Waals surface area contributed by atoms with Crippen LogP contribution in [0.2, 0.25) is 0 Å². The number of ether oxygens (including phenoxy) is 1. The van der Waals surface area contributed by atoms with Crippen LogP contribution in [0.4, 0.5) is 0 Å². The Hall–Kier alpha value is -0.0300. The Bertz CT molecular complexity index is 426. The zero-order valence-corrected chi connectivity index (χ0v) is 13.4. The maximum absolute atomic E-state index is 6.15. The fraction of sp³-hybridized carbons (Fsp3) is 0.733. The van der Waals surface area contributed by atoms with E-state index in [4.69, 9.17) is 4.74 Å². The second-order valence-corrected chi connectivity index (χ2v) is 7.71. The summed E-state index contributed by atoms with van der Waals surface area (Å²) in [5.74, 6) is 3.18. The van der Waals surface area contributed by atoms with Gasteiger partial charge in [0.25, 0.3) is 0 Å². The van der Waals surface area contributed by atoms with Gasteiger partial charge in [-0.05, 0) is 66.8 Å². The summed E-state index contributed by atoms with van der Waals surface area (Å²) in [6.07, 6.45) is 3.65. The minimum absolute atomic E-state index is 0.187. The van der Waals surface area contributed by atoms with Crippen molar-refractivity contribution in [3.05, 3.63) is 21.9 Å². The van der Waals surface area contributed by atoms with E-state index in [2.05, 4.69) is 41.8 Å². The molecule has 1 spiro atoms. The van der Waals surface area contributed by atoms with Gasteiger partial charge in [0.2, 0.25) is 0 Å².